The highest BCUT2D eigenvalue weighted by Crippen LogP contribution is 2.38. The SMILES string of the molecule is CNC(=O)c1ccccc1Nc1nc(Nc2cc(N3CCOCC3)cc(N3CCOCC3)c2)ncc1C(F)(F)F.FC(F)(F)c1cnc(Nc2cc(N3CCOCC3)cc(N3CCOCC3)c2)nc1Cl. The van der Waals surface area contributed by atoms with E-state index in [-0.39, 0.29) is 23.1 Å². The molecule has 0 bridgehead atoms. The van der Waals surface area contributed by atoms with E-state index < -0.39 is 40.4 Å². The number of halogens is 7. The number of carbonyl (C=O) groups excluding carboxylic acids is 1. The molecule has 2 aromatic heterocycles. The van der Waals surface area contributed by atoms with E-state index in [0.29, 0.717) is 70.4 Å². The maximum Gasteiger partial charge on any atom is 0.421 e. The van der Waals surface area contributed by atoms with Crippen LogP contribution in [0.25, 0.3) is 0 Å². The van der Waals surface area contributed by atoms with Gasteiger partial charge in [0.05, 0.1) is 64.1 Å². The molecule has 0 aliphatic carbocycles. The van der Waals surface area contributed by atoms with Crippen molar-refractivity contribution < 1.29 is 50.1 Å². The Morgan fingerprint density at radius 2 is 0.943 bits per heavy atom. The summed E-state index contributed by atoms with van der Waals surface area (Å²) in [4.78, 5) is 36.8. The van der Waals surface area contributed by atoms with E-state index in [1.807, 2.05) is 24.3 Å². The minimum Gasteiger partial charge on any atom is -0.378 e. The zero-order chi connectivity index (χ0) is 49.3. The maximum absolute atomic E-state index is 13.9. The molecule has 374 valence electrons. The number of ether oxygens (including phenoxy) is 4. The zero-order valence-corrected chi connectivity index (χ0v) is 38.8. The fourth-order valence-corrected chi connectivity index (χ4v) is 8.25. The molecule has 0 radical (unpaired) electrons. The minimum absolute atomic E-state index is 0.0000509. The first-order valence-corrected chi connectivity index (χ1v) is 22.9. The number of nitrogens with zero attached hydrogens (tertiary/aromatic N) is 8. The Balaban J connectivity index is 0.000000196. The maximum atomic E-state index is 13.9. The van der Waals surface area contributed by atoms with Crippen molar-refractivity contribution in [2.45, 2.75) is 12.4 Å². The third-order valence-electron chi connectivity index (χ3n) is 11.6. The highest BCUT2D eigenvalue weighted by atomic mass is 35.5. The van der Waals surface area contributed by atoms with E-state index in [1.165, 1.54) is 19.2 Å². The van der Waals surface area contributed by atoms with Gasteiger partial charge in [0.2, 0.25) is 11.9 Å². The lowest BCUT2D eigenvalue weighted by Crippen LogP contribution is -2.38. The molecule has 4 saturated heterocycles. The number of nitrogens with one attached hydrogen (secondary N) is 4. The Morgan fingerprint density at radius 1 is 0.557 bits per heavy atom. The van der Waals surface area contributed by atoms with Crippen molar-refractivity contribution in [2.24, 2.45) is 0 Å². The number of carbonyl (C=O) groups is 1. The van der Waals surface area contributed by atoms with Gasteiger partial charge in [-0.2, -0.15) is 31.3 Å². The standard InChI is InChI=1S/C27H30F3N7O3.C19H21ClF3N5O2/c1-31-25(38)21-4-2-3-5-23(21)34-24-22(27(28,29)30)17-32-26(35-24)33-18-14-19(36-6-10-39-11-7-36)16-20(15-18)37-8-12-40-13-9-37;20-17-16(19(21,22)23)12-24-18(26-17)25-13-9-14(27-1-5-29-6-2-27)11-15(10-13)28-3-7-30-8-4-28/h2-5,14-17H,6-13H2,1H3,(H,31,38)(H2,32,33,34,35);9-12H,1-8H2,(H,24,25,26). The van der Waals surface area contributed by atoms with Gasteiger partial charge in [0, 0.05) is 106 Å². The molecule has 17 nitrogen and oxygen atoms in total. The average Bonchev–Trinajstić information content (AvgIpc) is 3.37. The average molecular weight is 1000 g/mol. The monoisotopic (exact) mass is 1000 g/mol. The van der Waals surface area contributed by atoms with Crippen molar-refractivity contribution in [1.29, 1.82) is 0 Å². The van der Waals surface area contributed by atoms with Crippen LogP contribution >= 0.6 is 11.6 Å². The van der Waals surface area contributed by atoms with Crippen LogP contribution in [0.1, 0.15) is 21.5 Å². The van der Waals surface area contributed by atoms with Gasteiger partial charge in [-0.15, -0.1) is 0 Å². The summed E-state index contributed by atoms with van der Waals surface area (Å²) in [5, 5.41) is 10.6. The number of amides is 1. The number of morpholine rings is 4. The molecule has 24 heteroatoms. The molecule has 4 N–H and O–H groups in total. The number of alkyl halides is 6. The van der Waals surface area contributed by atoms with Gasteiger partial charge in [0.25, 0.3) is 5.91 Å². The molecule has 4 aliphatic heterocycles. The summed E-state index contributed by atoms with van der Waals surface area (Å²) < 4.78 is 102. The van der Waals surface area contributed by atoms with E-state index >= 15 is 0 Å². The summed E-state index contributed by atoms with van der Waals surface area (Å²) >= 11 is 5.73. The molecule has 4 aliphatic rings. The van der Waals surface area contributed by atoms with E-state index in [9.17, 15) is 31.1 Å². The van der Waals surface area contributed by atoms with Crippen LogP contribution in [-0.2, 0) is 31.3 Å². The third kappa shape index (κ3) is 12.9. The van der Waals surface area contributed by atoms with Crippen molar-refractivity contribution in [2.75, 3.05) is 148 Å². The number of hydrogen-bond donors (Lipinski definition) is 4. The van der Waals surface area contributed by atoms with Crippen molar-refractivity contribution in [3.05, 3.63) is 94.9 Å². The molecule has 0 unspecified atom stereocenters. The van der Waals surface area contributed by atoms with Gasteiger partial charge in [0.1, 0.15) is 22.1 Å². The molecular weight excluding hydrogens is 950 g/mol. The first kappa shape index (κ1) is 50.0. The van der Waals surface area contributed by atoms with Crippen LogP contribution in [0.15, 0.2) is 73.1 Å². The number of benzene rings is 3. The van der Waals surface area contributed by atoms with Crippen LogP contribution in [0.3, 0.4) is 0 Å². The smallest absolute Gasteiger partial charge is 0.378 e. The normalized spacial score (nSPS) is 16.8. The number of hydrogen-bond acceptors (Lipinski definition) is 16. The van der Waals surface area contributed by atoms with Gasteiger partial charge in [-0.1, -0.05) is 23.7 Å². The molecule has 9 rings (SSSR count). The van der Waals surface area contributed by atoms with Gasteiger partial charge < -0.3 is 59.8 Å². The second-order valence-electron chi connectivity index (χ2n) is 16.2. The lowest BCUT2D eigenvalue weighted by atomic mass is 10.1. The van der Waals surface area contributed by atoms with E-state index in [1.54, 1.807) is 12.1 Å². The molecule has 0 spiro atoms. The molecule has 4 fully saturated rings. The van der Waals surface area contributed by atoms with Crippen molar-refractivity contribution in [3.63, 3.8) is 0 Å². The molecule has 6 heterocycles. The Kier molecular flexibility index (Phi) is 16.1. The van der Waals surface area contributed by atoms with E-state index in [2.05, 4.69) is 72.9 Å². The number of para-hydroxylation sites is 1. The highest BCUT2D eigenvalue weighted by Gasteiger charge is 2.36. The number of rotatable bonds is 11. The first-order chi connectivity index (χ1) is 33.7. The van der Waals surface area contributed by atoms with Crippen LogP contribution in [-0.4, -0.2) is 138 Å². The second kappa shape index (κ2) is 22.6. The van der Waals surface area contributed by atoms with Crippen LogP contribution < -0.4 is 40.9 Å². The highest BCUT2D eigenvalue weighted by molar-refractivity contribution is 6.30. The third-order valence-corrected chi connectivity index (χ3v) is 11.9. The fourth-order valence-electron chi connectivity index (χ4n) is 8.02. The van der Waals surface area contributed by atoms with Gasteiger partial charge in [-0.3, -0.25) is 4.79 Å². The van der Waals surface area contributed by atoms with Crippen LogP contribution in [0.4, 0.5) is 83.9 Å². The summed E-state index contributed by atoms with van der Waals surface area (Å²) in [7, 11) is 1.45. The van der Waals surface area contributed by atoms with Crippen LogP contribution in [0.5, 0.6) is 0 Å². The molecular formula is C46H51ClF6N12O5. The predicted octanol–water partition coefficient (Wildman–Crippen LogP) is 7.58. The number of aromatic nitrogens is 4. The second-order valence-corrected chi connectivity index (χ2v) is 16.6. The first-order valence-electron chi connectivity index (χ1n) is 22.5. The summed E-state index contributed by atoms with van der Waals surface area (Å²) in [6, 6.07) is 18.1. The van der Waals surface area contributed by atoms with Gasteiger partial charge in [-0.05, 0) is 48.5 Å². The van der Waals surface area contributed by atoms with Crippen LogP contribution in [0.2, 0.25) is 5.15 Å². The van der Waals surface area contributed by atoms with Gasteiger partial charge in [0.15, 0.2) is 0 Å². The van der Waals surface area contributed by atoms with E-state index in [4.69, 9.17) is 30.5 Å². The van der Waals surface area contributed by atoms with Crippen molar-refractivity contribution >= 4 is 75.0 Å². The molecule has 5 aromatic rings. The van der Waals surface area contributed by atoms with E-state index in [0.717, 1.165) is 81.3 Å². The Hall–Kier alpha value is -6.40. The lowest BCUT2D eigenvalue weighted by Gasteiger charge is -2.33. The molecule has 3 aromatic carbocycles. The summed E-state index contributed by atoms with van der Waals surface area (Å²) in [6.45, 7) is 10.9. The summed E-state index contributed by atoms with van der Waals surface area (Å²) in [5.41, 5.74) is 3.43. The van der Waals surface area contributed by atoms with Gasteiger partial charge in [-0.25, -0.2) is 15.0 Å². The Morgan fingerprint density at radius 3 is 1.33 bits per heavy atom. The van der Waals surface area contributed by atoms with Crippen LogP contribution in [0, 0.1) is 0 Å². The van der Waals surface area contributed by atoms with Crippen molar-refractivity contribution in [3.8, 4) is 0 Å². The van der Waals surface area contributed by atoms with Gasteiger partial charge >= 0.3 is 12.4 Å². The lowest BCUT2D eigenvalue weighted by molar-refractivity contribution is -0.138. The minimum atomic E-state index is -4.72. The molecule has 1 amide bonds. The van der Waals surface area contributed by atoms with Crippen molar-refractivity contribution in [1.82, 2.24) is 25.3 Å². The topological polar surface area (TPSA) is 167 Å². The molecule has 0 saturated carbocycles. The Labute approximate surface area is 404 Å². The predicted molar refractivity (Wildman–Crippen MR) is 254 cm³/mol. The fraction of sp³-hybridized carbons (Fsp3) is 0.413. The number of anilines is 10. The molecule has 70 heavy (non-hydrogen) atoms. The summed E-state index contributed by atoms with van der Waals surface area (Å²) in [6.07, 6.45) is -7.90. The molecule has 0 atom stereocenters. The quantitative estimate of drug-likeness (QED) is 0.0755. The zero-order valence-electron chi connectivity index (χ0n) is 38.0. The largest absolute Gasteiger partial charge is 0.421 e. The Bertz CT molecular complexity index is 2500. The summed E-state index contributed by atoms with van der Waals surface area (Å²) in [5.74, 6) is -0.946.